The quantitative estimate of drug-likeness (QED) is 0.828. The number of hydrogen-bond acceptors (Lipinski definition) is 3. The monoisotopic (exact) mass is 249 g/mol. The summed E-state index contributed by atoms with van der Waals surface area (Å²) in [5.74, 6) is -1.33. The van der Waals surface area contributed by atoms with E-state index in [1.165, 1.54) is 0 Å². The molecule has 2 aliphatic heterocycles. The molecule has 1 aromatic rings. The van der Waals surface area contributed by atoms with Crippen LogP contribution in [0.5, 0.6) is 0 Å². The molecule has 3 heterocycles. The average molecular weight is 249 g/mol. The normalized spacial score (nSPS) is 29.8. The first-order valence-electron chi connectivity index (χ1n) is 6.13. The molecular formula is C12H15N3O3. The van der Waals surface area contributed by atoms with E-state index in [1.807, 2.05) is 0 Å². The van der Waals surface area contributed by atoms with Crippen LogP contribution in [0.25, 0.3) is 0 Å². The molecule has 0 aromatic carbocycles. The van der Waals surface area contributed by atoms with Crippen LogP contribution in [0.3, 0.4) is 0 Å². The molecule has 3 rings (SSSR count). The Kier molecular flexibility index (Phi) is 2.39. The molecule has 18 heavy (non-hydrogen) atoms. The van der Waals surface area contributed by atoms with Crippen LogP contribution in [-0.4, -0.2) is 43.7 Å². The zero-order valence-corrected chi connectivity index (χ0v) is 10.1. The molecule has 2 bridgehead atoms. The van der Waals surface area contributed by atoms with Gasteiger partial charge < -0.3 is 10.0 Å². The standard InChI is InChI=1S/C12H15N3O3/c1-14-5-4-9(13-14)11(16)15-7-2-3-10(15)8(6-7)12(17)18/h4-5,7-8,10H,2-3,6H2,1H3,(H,17,18). The number of nitrogens with zero attached hydrogens (tertiary/aromatic N) is 3. The van der Waals surface area contributed by atoms with Crippen molar-refractivity contribution in [2.24, 2.45) is 13.0 Å². The Balaban J connectivity index is 1.85. The fourth-order valence-corrected chi connectivity index (χ4v) is 3.23. The van der Waals surface area contributed by atoms with Crippen LogP contribution in [0.4, 0.5) is 0 Å². The Morgan fingerprint density at radius 2 is 2.22 bits per heavy atom. The molecular weight excluding hydrogens is 234 g/mol. The summed E-state index contributed by atoms with van der Waals surface area (Å²) in [6.45, 7) is 0. The SMILES string of the molecule is Cn1ccc(C(=O)N2C3CCC2C(C(=O)O)C3)n1. The van der Waals surface area contributed by atoms with Crippen molar-refractivity contribution in [1.29, 1.82) is 0 Å². The van der Waals surface area contributed by atoms with E-state index >= 15 is 0 Å². The van der Waals surface area contributed by atoms with Crippen LogP contribution >= 0.6 is 0 Å². The minimum Gasteiger partial charge on any atom is -0.481 e. The van der Waals surface area contributed by atoms with Crippen molar-refractivity contribution in [3.05, 3.63) is 18.0 Å². The highest BCUT2D eigenvalue weighted by atomic mass is 16.4. The second-order valence-electron chi connectivity index (χ2n) is 5.07. The molecule has 6 heteroatoms. The summed E-state index contributed by atoms with van der Waals surface area (Å²) in [6.07, 6.45) is 4.01. The lowest BCUT2D eigenvalue weighted by atomic mass is 9.89. The van der Waals surface area contributed by atoms with E-state index in [1.54, 1.807) is 28.9 Å². The summed E-state index contributed by atoms with van der Waals surface area (Å²) in [5, 5.41) is 13.3. The van der Waals surface area contributed by atoms with Crippen LogP contribution in [0.15, 0.2) is 12.3 Å². The first kappa shape index (κ1) is 11.3. The van der Waals surface area contributed by atoms with E-state index in [2.05, 4.69) is 5.10 Å². The highest BCUT2D eigenvalue weighted by Gasteiger charge is 2.51. The van der Waals surface area contributed by atoms with Crippen LogP contribution in [0.2, 0.25) is 0 Å². The van der Waals surface area contributed by atoms with Crippen molar-refractivity contribution in [2.45, 2.75) is 31.3 Å². The Morgan fingerprint density at radius 1 is 1.44 bits per heavy atom. The summed E-state index contributed by atoms with van der Waals surface area (Å²) < 4.78 is 1.58. The van der Waals surface area contributed by atoms with Gasteiger partial charge in [0.15, 0.2) is 0 Å². The Bertz CT molecular complexity index is 510. The summed E-state index contributed by atoms with van der Waals surface area (Å²) >= 11 is 0. The topological polar surface area (TPSA) is 75.4 Å². The lowest BCUT2D eigenvalue weighted by molar-refractivity contribution is -0.142. The van der Waals surface area contributed by atoms with E-state index in [0.717, 1.165) is 12.8 Å². The molecule has 3 unspecified atom stereocenters. The first-order valence-corrected chi connectivity index (χ1v) is 6.13. The van der Waals surface area contributed by atoms with Crippen molar-refractivity contribution < 1.29 is 14.7 Å². The molecule has 6 nitrogen and oxygen atoms in total. The molecule has 1 N–H and O–H groups in total. The summed E-state index contributed by atoms with van der Waals surface area (Å²) in [4.78, 5) is 25.2. The number of amides is 1. The third-order valence-corrected chi connectivity index (χ3v) is 4.02. The smallest absolute Gasteiger partial charge is 0.308 e. The van der Waals surface area contributed by atoms with Crippen LogP contribution in [0, 0.1) is 5.92 Å². The maximum atomic E-state index is 12.3. The van der Waals surface area contributed by atoms with Gasteiger partial charge in [0.05, 0.1) is 5.92 Å². The largest absolute Gasteiger partial charge is 0.481 e. The van der Waals surface area contributed by atoms with Gasteiger partial charge in [-0.3, -0.25) is 14.3 Å². The van der Waals surface area contributed by atoms with Crippen molar-refractivity contribution >= 4 is 11.9 Å². The van der Waals surface area contributed by atoms with Gasteiger partial charge in [0.25, 0.3) is 5.91 Å². The van der Waals surface area contributed by atoms with E-state index in [9.17, 15) is 9.59 Å². The molecule has 1 aromatic heterocycles. The molecule has 2 fully saturated rings. The van der Waals surface area contributed by atoms with Gasteiger partial charge in [-0.25, -0.2) is 0 Å². The predicted octanol–water partition coefficient (Wildman–Crippen LogP) is 0.498. The molecule has 0 radical (unpaired) electrons. The zero-order valence-electron chi connectivity index (χ0n) is 10.1. The molecule has 1 amide bonds. The van der Waals surface area contributed by atoms with Gasteiger partial charge >= 0.3 is 5.97 Å². The predicted molar refractivity (Wildman–Crippen MR) is 61.9 cm³/mol. The highest BCUT2D eigenvalue weighted by Crippen LogP contribution is 2.42. The van der Waals surface area contributed by atoms with E-state index in [0.29, 0.717) is 12.1 Å². The Hall–Kier alpha value is -1.85. The zero-order chi connectivity index (χ0) is 12.9. The molecule has 0 saturated carbocycles. The summed E-state index contributed by atoms with van der Waals surface area (Å²) in [6, 6.07) is 1.60. The third-order valence-electron chi connectivity index (χ3n) is 4.02. The minimum atomic E-state index is -0.791. The van der Waals surface area contributed by atoms with E-state index < -0.39 is 11.9 Å². The van der Waals surface area contributed by atoms with Gasteiger partial charge in [-0.05, 0) is 25.3 Å². The third kappa shape index (κ3) is 1.52. The fraction of sp³-hybridized carbons (Fsp3) is 0.583. The van der Waals surface area contributed by atoms with Gasteiger partial charge in [0.2, 0.25) is 0 Å². The number of carbonyl (C=O) groups is 2. The number of aliphatic carboxylic acids is 1. The average Bonchev–Trinajstić information content (AvgIpc) is 3.01. The van der Waals surface area contributed by atoms with E-state index in [-0.39, 0.29) is 18.0 Å². The maximum Gasteiger partial charge on any atom is 0.308 e. The van der Waals surface area contributed by atoms with Crippen molar-refractivity contribution in [1.82, 2.24) is 14.7 Å². The molecule has 2 saturated heterocycles. The molecule has 3 atom stereocenters. The minimum absolute atomic E-state index is 0.0746. The maximum absolute atomic E-state index is 12.3. The number of aromatic nitrogens is 2. The molecule has 2 aliphatic rings. The highest BCUT2D eigenvalue weighted by molar-refractivity contribution is 5.93. The number of carboxylic acids is 1. The van der Waals surface area contributed by atoms with Crippen molar-refractivity contribution in [2.75, 3.05) is 0 Å². The van der Waals surface area contributed by atoms with Crippen molar-refractivity contribution in [3.8, 4) is 0 Å². The van der Waals surface area contributed by atoms with Gasteiger partial charge in [-0.15, -0.1) is 0 Å². The Morgan fingerprint density at radius 3 is 2.78 bits per heavy atom. The number of hydrogen-bond donors (Lipinski definition) is 1. The van der Waals surface area contributed by atoms with Gasteiger partial charge in [0.1, 0.15) is 5.69 Å². The molecule has 0 spiro atoms. The Labute approximate surface area is 104 Å². The molecule has 0 aliphatic carbocycles. The van der Waals surface area contributed by atoms with Crippen LogP contribution in [0.1, 0.15) is 29.8 Å². The van der Waals surface area contributed by atoms with Crippen LogP contribution in [-0.2, 0) is 11.8 Å². The lowest BCUT2D eigenvalue weighted by Crippen LogP contribution is -2.38. The number of carbonyl (C=O) groups excluding carboxylic acids is 1. The van der Waals surface area contributed by atoms with Crippen LogP contribution < -0.4 is 0 Å². The second-order valence-corrected chi connectivity index (χ2v) is 5.07. The second kappa shape index (κ2) is 3.83. The number of fused-ring (bicyclic) bond motifs is 2. The lowest BCUT2D eigenvalue weighted by Gasteiger charge is -2.21. The summed E-state index contributed by atoms with van der Waals surface area (Å²) in [5.41, 5.74) is 0.403. The van der Waals surface area contributed by atoms with E-state index in [4.69, 9.17) is 5.11 Å². The van der Waals surface area contributed by atoms with Crippen molar-refractivity contribution in [3.63, 3.8) is 0 Å². The molecule has 96 valence electrons. The van der Waals surface area contributed by atoms with Gasteiger partial charge in [-0.1, -0.05) is 0 Å². The number of rotatable bonds is 2. The first-order chi connectivity index (χ1) is 8.58. The number of aryl methyl sites for hydroxylation is 1. The fourth-order valence-electron chi connectivity index (χ4n) is 3.23. The summed E-state index contributed by atoms with van der Waals surface area (Å²) in [7, 11) is 1.76. The van der Waals surface area contributed by atoms with Gasteiger partial charge in [0, 0.05) is 25.3 Å². The van der Waals surface area contributed by atoms with Gasteiger partial charge in [-0.2, -0.15) is 5.10 Å². The number of carboxylic acid groups (broad SMARTS) is 1.